The molecule has 114 valence electrons. The molecule has 0 aliphatic heterocycles. The van der Waals surface area contributed by atoms with E-state index in [9.17, 15) is 0 Å². The largest absolute Gasteiger partial charge is 0.492 e. The molecule has 5 nitrogen and oxygen atoms in total. The Morgan fingerprint density at radius 3 is 2.55 bits per heavy atom. The first-order valence-electron chi connectivity index (χ1n) is 6.08. The number of guanidine groups is 1. The fraction of sp³-hybridized carbons (Fsp3) is 0.462. The number of ether oxygens (including phenoxy) is 2. The van der Waals surface area contributed by atoms with Crippen LogP contribution in [-0.2, 0) is 4.74 Å². The van der Waals surface area contributed by atoms with Crippen molar-refractivity contribution in [2.75, 3.05) is 40.5 Å². The van der Waals surface area contributed by atoms with Crippen LogP contribution in [0.15, 0.2) is 29.3 Å². The van der Waals surface area contributed by atoms with Crippen molar-refractivity contribution >= 4 is 41.5 Å². The normalized spacial score (nSPS) is 10.7. The summed E-state index contributed by atoms with van der Waals surface area (Å²) >= 11 is 5.86. The first-order chi connectivity index (χ1) is 9.26. The van der Waals surface area contributed by atoms with E-state index >= 15 is 0 Å². The van der Waals surface area contributed by atoms with E-state index in [1.807, 2.05) is 18.2 Å². The first-order valence-corrected chi connectivity index (χ1v) is 6.46. The third-order valence-corrected chi connectivity index (χ3v) is 2.52. The topological polar surface area (TPSA) is 54.9 Å². The summed E-state index contributed by atoms with van der Waals surface area (Å²) in [5.41, 5.74) is 0. The molecule has 0 bridgehead atoms. The van der Waals surface area contributed by atoms with Gasteiger partial charge in [0.05, 0.1) is 13.2 Å². The molecule has 0 atom stereocenters. The molecule has 1 aromatic rings. The van der Waals surface area contributed by atoms with Crippen molar-refractivity contribution in [2.45, 2.75) is 0 Å². The summed E-state index contributed by atoms with van der Waals surface area (Å²) < 4.78 is 10.5. The second-order valence-corrected chi connectivity index (χ2v) is 4.16. The zero-order valence-corrected chi connectivity index (χ0v) is 14.8. The van der Waals surface area contributed by atoms with Gasteiger partial charge in [0.25, 0.3) is 0 Å². The maximum absolute atomic E-state index is 5.86. The minimum Gasteiger partial charge on any atom is -0.492 e. The van der Waals surface area contributed by atoms with Gasteiger partial charge in [-0.25, -0.2) is 0 Å². The quantitative estimate of drug-likeness (QED) is 0.311. The van der Waals surface area contributed by atoms with Crippen molar-refractivity contribution in [3.63, 3.8) is 0 Å². The molecule has 2 N–H and O–H groups in total. The number of hydrogen-bond acceptors (Lipinski definition) is 3. The summed E-state index contributed by atoms with van der Waals surface area (Å²) in [4.78, 5) is 4.08. The second-order valence-electron chi connectivity index (χ2n) is 3.72. The van der Waals surface area contributed by atoms with Crippen molar-refractivity contribution in [1.82, 2.24) is 10.6 Å². The highest BCUT2D eigenvalue weighted by atomic mass is 127. The summed E-state index contributed by atoms with van der Waals surface area (Å²) in [7, 11) is 3.39. The number of rotatable bonds is 7. The van der Waals surface area contributed by atoms with Gasteiger partial charge in [0.1, 0.15) is 12.4 Å². The van der Waals surface area contributed by atoms with Crippen LogP contribution in [-0.4, -0.2) is 46.4 Å². The van der Waals surface area contributed by atoms with Gasteiger partial charge in [-0.05, 0) is 18.2 Å². The average Bonchev–Trinajstić information content (AvgIpc) is 2.41. The van der Waals surface area contributed by atoms with Crippen molar-refractivity contribution in [2.24, 2.45) is 4.99 Å². The maximum Gasteiger partial charge on any atom is 0.191 e. The van der Waals surface area contributed by atoms with E-state index in [-0.39, 0.29) is 24.0 Å². The molecule has 0 heterocycles. The number of methoxy groups -OCH3 is 1. The molecule has 0 spiro atoms. The van der Waals surface area contributed by atoms with Crippen LogP contribution in [0.25, 0.3) is 0 Å². The van der Waals surface area contributed by atoms with Gasteiger partial charge in [0.15, 0.2) is 5.96 Å². The van der Waals surface area contributed by atoms with Gasteiger partial charge in [0, 0.05) is 25.7 Å². The Kier molecular flexibility index (Phi) is 11.6. The molecule has 0 aliphatic carbocycles. The van der Waals surface area contributed by atoms with Gasteiger partial charge in [-0.1, -0.05) is 17.7 Å². The minimum absolute atomic E-state index is 0. The molecule has 1 aromatic carbocycles. The summed E-state index contributed by atoms with van der Waals surface area (Å²) in [6, 6.07) is 7.33. The molecule has 0 radical (unpaired) electrons. The predicted octanol–water partition coefficient (Wildman–Crippen LogP) is 2.15. The molecule has 20 heavy (non-hydrogen) atoms. The van der Waals surface area contributed by atoms with Gasteiger partial charge in [-0.3, -0.25) is 4.99 Å². The standard InChI is InChI=1S/C13H20ClN3O2.HI/c1-15-13(16-6-8-18-2)17-7-9-19-12-5-3-4-11(14)10-12;/h3-5,10H,6-9H2,1-2H3,(H2,15,16,17);1H. The van der Waals surface area contributed by atoms with Crippen LogP contribution < -0.4 is 15.4 Å². The van der Waals surface area contributed by atoms with Gasteiger partial charge in [0.2, 0.25) is 0 Å². The Hall–Kier alpha value is -0.730. The Morgan fingerprint density at radius 1 is 1.25 bits per heavy atom. The number of halogens is 2. The molecular formula is C13H21ClIN3O2. The fourth-order valence-electron chi connectivity index (χ4n) is 1.39. The monoisotopic (exact) mass is 413 g/mol. The number of hydrogen-bond donors (Lipinski definition) is 2. The Labute approximate surface area is 142 Å². The van der Waals surface area contributed by atoms with Crippen LogP contribution in [0.4, 0.5) is 0 Å². The van der Waals surface area contributed by atoms with Gasteiger partial charge < -0.3 is 20.1 Å². The summed E-state index contributed by atoms with van der Waals surface area (Å²) in [5.74, 6) is 1.49. The molecule has 0 saturated carbocycles. The zero-order valence-electron chi connectivity index (χ0n) is 11.7. The van der Waals surface area contributed by atoms with E-state index in [1.54, 1.807) is 20.2 Å². The second kappa shape index (κ2) is 12.0. The lowest BCUT2D eigenvalue weighted by atomic mass is 10.3. The first kappa shape index (κ1) is 19.3. The van der Waals surface area contributed by atoms with Crippen LogP contribution in [0, 0.1) is 0 Å². The van der Waals surface area contributed by atoms with Crippen LogP contribution in [0.2, 0.25) is 5.02 Å². The van der Waals surface area contributed by atoms with E-state index in [0.717, 1.165) is 11.7 Å². The van der Waals surface area contributed by atoms with Gasteiger partial charge >= 0.3 is 0 Å². The molecular weight excluding hydrogens is 393 g/mol. The lowest BCUT2D eigenvalue weighted by Gasteiger charge is -2.12. The lowest BCUT2D eigenvalue weighted by Crippen LogP contribution is -2.40. The third-order valence-electron chi connectivity index (χ3n) is 2.28. The highest BCUT2D eigenvalue weighted by Gasteiger charge is 1.97. The van der Waals surface area contributed by atoms with Crippen molar-refractivity contribution in [1.29, 1.82) is 0 Å². The smallest absolute Gasteiger partial charge is 0.191 e. The molecule has 0 saturated heterocycles. The zero-order chi connectivity index (χ0) is 13.9. The predicted molar refractivity (Wildman–Crippen MR) is 93.6 cm³/mol. The number of aliphatic imine (C=N–C) groups is 1. The third kappa shape index (κ3) is 8.44. The number of nitrogens with zero attached hydrogens (tertiary/aromatic N) is 1. The van der Waals surface area contributed by atoms with Crippen LogP contribution in [0.1, 0.15) is 0 Å². The Morgan fingerprint density at radius 2 is 1.95 bits per heavy atom. The van der Waals surface area contributed by atoms with E-state index in [1.165, 1.54) is 0 Å². The van der Waals surface area contributed by atoms with Crippen LogP contribution in [0.3, 0.4) is 0 Å². The van der Waals surface area contributed by atoms with Crippen molar-refractivity contribution < 1.29 is 9.47 Å². The Balaban J connectivity index is 0.00000361. The lowest BCUT2D eigenvalue weighted by molar-refractivity contribution is 0.203. The molecule has 0 unspecified atom stereocenters. The summed E-state index contributed by atoms with van der Waals surface area (Å²) in [6.45, 7) is 2.54. The van der Waals surface area contributed by atoms with Crippen molar-refractivity contribution in [3.05, 3.63) is 29.3 Å². The van der Waals surface area contributed by atoms with Gasteiger partial charge in [-0.2, -0.15) is 0 Å². The van der Waals surface area contributed by atoms with E-state index in [0.29, 0.717) is 31.3 Å². The molecule has 0 amide bonds. The SMILES string of the molecule is CN=C(NCCOC)NCCOc1cccc(Cl)c1.I. The van der Waals surface area contributed by atoms with Crippen molar-refractivity contribution in [3.8, 4) is 5.75 Å². The highest BCUT2D eigenvalue weighted by Crippen LogP contribution is 2.16. The van der Waals surface area contributed by atoms with Gasteiger partial charge in [-0.15, -0.1) is 24.0 Å². The fourth-order valence-corrected chi connectivity index (χ4v) is 1.57. The van der Waals surface area contributed by atoms with Crippen LogP contribution in [0.5, 0.6) is 5.75 Å². The molecule has 7 heteroatoms. The Bertz CT molecular complexity index is 405. The van der Waals surface area contributed by atoms with E-state index in [2.05, 4.69) is 15.6 Å². The number of benzene rings is 1. The van der Waals surface area contributed by atoms with E-state index in [4.69, 9.17) is 21.1 Å². The number of nitrogens with one attached hydrogen (secondary N) is 2. The van der Waals surface area contributed by atoms with E-state index < -0.39 is 0 Å². The summed E-state index contributed by atoms with van der Waals surface area (Å²) in [6.07, 6.45) is 0. The highest BCUT2D eigenvalue weighted by molar-refractivity contribution is 14.0. The molecule has 0 aliphatic rings. The average molecular weight is 414 g/mol. The molecule has 0 aromatic heterocycles. The maximum atomic E-state index is 5.86. The molecule has 1 rings (SSSR count). The van der Waals surface area contributed by atoms with Crippen LogP contribution >= 0.6 is 35.6 Å². The molecule has 0 fully saturated rings. The summed E-state index contributed by atoms with van der Waals surface area (Å²) in [5, 5.41) is 6.92. The minimum atomic E-state index is 0.